The molecule has 5 nitrogen and oxygen atoms in total. The Bertz CT molecular complexity index is 486. The van der Waals surface area contributed by atoms with Crippen LogP contribution >= 0.6 is 0 Å². The number of anilines is 2. The summed E-state index contributed by atoms with van der Waals surface area (Å²) in [4.78, 5) is 14.9. The molecule has 1 aromatic heterocycles. The van der Waals surface area contributed by atoms with Crippen molar-refractivity contribution in [2.75, 3.05) is 11.1 Å². The van der Waals surface area contributed by atoms with Crippen molar-refractivity contribution >= 4 is 17.5 Å². The lowest BCUT2D eigenvalue weighted by molar-refractivity contribution is 0.0696. The standard InChI is InChI=1S/C14H21N3O2/c1-14(2)5-3-4-10(7-14)17-12-11(15)6-9(8-16-12)13(18)19/h6,8,10H,3-5,7,15H2,1-2H3,(H,16,17)(H,18,19). The molecule has 1 atom stereocenters. The van der Waals surface area contributed by atoms with Gasteiger partial charge in [-0.2, -0.15) is 0 Å². The second kappa shape index (κ2) is 5.07. The van der Waals surface area contributed by atoms with Crippen molar-refractivity contribution in [1.82, 2.24) is 4.98 Å². The molecule has 0 saturated heterocycles. The Labute approximate surface area is 113 Å². The molecule has 0 bridgehead atoms. The van der Waals surface area contributed by atoms with Gasteiger partial charge in [0.15, 0.2) is 0 Å². The zero-order chi connectivity index (χ0) is 14.0. The van der Waals surface area contributed by atoms with Crippen LogP contribution in [-0.4, -0.2) is 22.1 Å². The van der Waals surface area contributed by atoms with E-state index >= 15 is 0 Å². The average Bonchev–Trinajstić information content (AvgIpc) is 2.30. The minimum atomic E-state index is -1.01. The van der Waals surface area contributed by atoms with E-state index in [1.54, 1.807) is 0 Å². The minimum absolute atomic E-state index is 0.118. The van der Waals surface area contributed by atoms with Gasteiger partial charge in [-0.3, -0.25) is 0 Å². The Hall–Kier alpha value is -1.78. The molecular weight excluding hydrogens is 242 g/mol. The number of nitrogens with one attached hydrogen (secondary N) is 1. The number of pyridine rings is 1. The predicted molar refractivity (Wildman–Crippen MR) is 75.3 cm³/mol. The lowest BCUT2D eigenvalue weighted by atomic mass is 9.75. The molecule has 2 rings (SSSR count). The maximum absolute atomic E-state index is 10.8. The number of aromatic nitrogens is 1. The van der Waals surface area contributed by atoms with Gasteiger partial charge < -0.3 is 16.2 Å². The average molecular weight is 263 g/mol. The lowest BCUT2D eigenvalue weighted by Gasteiger charge is -2.35. The quantitative estimate of drug-likeness (QED) is 0.780. The lowest BCUT2D eigenvalue weighted by Crippen LogP contribution is -2.32. The zero-order valence-corrected chi connectivity index (χ0v) is 11.4. The van der Waals surface area contributed by atoms with Crippen molar-refractivity contribution < 1.29 is 9.90 Å². The van der Waals surface area contributed by atoms with E-state index in [4.69, 9.17) is 10.8 Å². The van der Waals surface area contributed by atoms with Crippen LogP contribution in [0.3, 0.4) is 0 Å². The van der Waals surface area contributed by atoms with Crippen molar-refractivity contribution in [2.45, 2.75) is 45.6 Å². The van der Waals surface area contributed by atoms with Crippen LogP contribution in [0.25, 0.3) is 0 Å². The van der Waals surface area contributed by atoms with Crippen molar-refractivity contribution in [2.24, 2.45) is 5.41 Å². The second-order valence-electron chi connectivity index (χ2n) is 6.07. The minimum Gasteiger partial charge on any atom is -0.478 e. The van der Waals surface area contributed by atoms with Crippen molar-refractivity contribution in [1.29, 1.82) is 0 Å². The maximum atomic E-state index is 10.8. The molecule has 0 spiro atoms. The van der Waals surface area contributed by atoms with Gasteiger partial charge in [-0.25, -0.2) is 9.78 Å². The number of carboxylic acid groups (broad SMARTS) is 1. The van der Waals surface area contributed by atoms with Crippen molar-refractivity contribution in [3.05, 3.63) is 17.8 Å². The smallest absolute Gasteiger partial charge is 0.337 e. The highest BCUT2D eigenvalue weighted by atomic mass is 16.4. The molecule has 1 fully saturated rings. The van der Waals surface area contributed by atoms with E-state index in [0.717, 1.165) is 12.8 Å². The fourth-order valence-electron chi connectivity index (χ4n) is 2.73. The number of rotatable bonds is 3. The summed E-state index contributed by atoms with van der Waals surface area (Å²) < 4.78 is 0. The first-order valence-electron chi connectivity index (χ1n) is 6.63. The topological polar surface area (TPSA) is 88.2 Å². The maximum Gasteiger partial charge on any atom is 0.337 e. The van der Waals surface area contributed by atoms with E-state index in [0.29, 0.717) is 23.0 Å². The number of nitrogen functional groups attached to an aromatic ring is 1. The van der Waals surface area contributed by atoms with Gasteiger partial charge in [-0.15, -0.1) is 0 Å². The molecule has 104 valence electrons. The number of hydrogen-bond acceptors (Lipinski definition) is 4. The monoisotopic (exact) mass is 263 g/mol. The fourth-order valence-corrected chi connectivity index (χ4v) is 2.73. The SMILES string of the molecule is CC1(C)CCCC(Nc2ncc(C(=O)O)cc2N)C1. The highest BCUT2D eigenvalue weighted by Crippen LogP contribution is 2.36. The second-order valence-corrected chi connectivity index (χ2v) is 6.07. The molecule has 0 amide bonds. The van der Waals surface area contributed by atoms with Crippen LogP contribution in [0.4, 0.5) is 11.5 Å². The molecule has 0 aliphatic heterocycles. The molecule has 1 aromatic rings. The number of carboxylic acids is 1. The molecule has 5 heteroatoms. The first-order valence-corrected chi connectivity index (χ1v) is 6.63. The van der Waals surface area contributed by atoms with Crippen molar-refractivity contribution in [3.63, 3.8) is 0 Å². The fraction of sp³-hybridized carbons (Fsp3) is 0.571. The highest BCUT2D eigenvalue weighted by molar-refractivity contribution is 5.89. The van der Waals surface area contributed by atoms with Gasteiger partial charge in [-0.1, -0.05) is 20.3 Å². The van der Waals surface area contributed by atoms with Gasteiger partial charge in [0.25, 0.3) is 0 Å². The largest absolute Gasteiger partial charge is 0.478 e. The Balaban J connectivity index is 2.09. The molecule has 1 aliphatic rings. The molecule has 1 saturated carbocycles. The third-order valence-electron chi connectivity index (χ3n) is 3.71. The van der Waals surface area contributed by atoms with Crippen LogP contribution in [0.1, 0.15) is 49.9 Å². The summed E-state index contributed by atoms with van der Waals surface area (Å²) in [7, 11) is 0. The number of hydrogen-bond donors (Lipinski definition) is 3. The first-order chi connectivity index (χ1) is 8.87. The number of nitrogens with two attached hydrogens (primary N) is 1. The van der Waals surface area contributed by atoms with Gasteiger partial charge in [0.2, 0.25) is 0 Å². The Morgan fingerprint density at radius 2 is 2.32 bits per heavy atom. The number of nitrogens with zero attached hydrogens (tertiary/aromatic N) is 1. The molecule has 1 heterocycles. The van der Waals surface area contributed by atoms with E-state index in [1.165, 1.54) is 25.1 Å². The van der Waals surface area contributed by atoms with E-state index in [9.17, 15) is 4.79 Å². The third kappa shape index (κ3) is 3.36. The Morgan fingerprint density at radius 3 is 2.89 bits per heavy atom. The zero-order valence-electron chi connectivity index (χ0n) is 11.4. The predicted octanol–water partition coefficient (Wildman–Crippen LogP) is 2.74. The van der Waals surface area contributed by atoms with Gasteiger partial charge >= 0.3 is 5.97 Å². The van der Waals surface area contributed by atoms with E-state index in [1.807, 2.05) is 0 Å². The molecule has 0 aromatic carbocycles. The van der Waals surface area contributed by atoms with Gasteiger partial charge in [0.1, 0.15) is 5.82 Å². The molecule has 19 heavy (non-hydrogen) atoms. The normalized spacial score (nSPS) is 21.9. The van der Waals surface area contributed by atoms with Gasteiger partial charge in [0.05, 0.1) is 11.3 Å². The Morgan fingerprint density at radius 1 is 1.58 bits per heavy atom. The summed E-state index contributed by atoms with van der Waals surface area (Å²) >= 11 is 0. The molecular formula is C14H21N3O2. The molecule has 0 radical (unpaired) electrons. The Kier molecular flexibility index (Phi) is 3.64. The van der Waals surface area contributed by atoms with Crippen LogP contribution in [0.15, 0.2) is 12.3 Å². The van der Waals surface area contributed by atoms with Crippen LogP contribution in [0.5, 0.6) is 0 Å². The molecule has 1 unspecified atom stereocenters. The molecule has 4 N–H and O–H groups in total. The molecule has 1 aliphatic carbocycles. The van der Waals surface area contributed by atoms with Crippen LogP contribution in [-0.2, 0) is 0 Å². The summed E-state index contributed by atoms with van der Waals surface area (Å²) in [6.07, 6.45) is 5.96. The van der Waals surface area contributed by atoms with Crippen LogP contribution in [0.2, 0.25) is 0 Å². The van der Waals surface area contributed by atoms with Gasteiger partial charge in [0, 0.05) is 12.2 Å². The van der Waals surface area contributed by atoms with E-state index in [2.05, 4.69) is 24.1 Å². The highest BCUT2D eigenvalue weighted by Gasteiger charge is 2.28. The summed E-state index contributed by atoms with van der Waals surface area (Å²) in [6.45, 7) is 4.54. The first kappa shape index (κ1) is 13.6. The third-order valence-corrected chi connectivity index (χ3v) is 3.71. The van der Waals surface area contributed by atoms with E-state index in [-0.39, 0.29) is 5.56 Å². The summed E-state index contributed by atoms with van der Waals surface area (Å²) in [5, 5.41) is 12.2. The van der Waals surface area contributed by atoms with Gasteiger partial charge in [-0.05, 0) is 30.7 Å². The van der Waals surface area contributed by atoms with E-state index < -0.39 is 5.97 Å². The number of aromatic carboxylic acids is 1. The summed E-state index contributed by atoms with van der Waals surface area (Å²) in [6, 6.07) is 1.81. The summed E-state index contributed by atoms with van der Waals surface area (Å²) in [5.74, 6) is -0.419. The van der Waals surface area contributed by atoms with Crippen LogP contribution < -0.4 is 11.1 Å². The summed E-state index contributed by atoms with van der Waals surface area (Å²) in [5.41, 5.74) is 6.70. The van der Waals surface area contributed by atoms with Crippen molar-refractivity contribution in [3.8, 4) is 0 Å². The van der Waals surface area contributed by atoms with Crippen LogP contribution in [0, 0.1) is 5.41 Å². The number of carbonyl (C=O) groups is 1.